The Morgan fingerprint density at radius 3 is 2.60 bits per heavy atom. The van der Waals surface area contributed by atoms with Gasteiger partial charge in [0, 0.05) is 17.3 Å². The molecule has 0 amide bonds. The summed E-state index contributed by atoms with van der Waals surface area (Å²) in [5.41, 5.74) is 3.18. The van der Waals surface area contributed by atoms with Crippen molar-refractivity contribution in [2.75, 3.05) is 10.7 Å². The number of halogens is 1. The molecular formula is C19H20FN7O2S. The molecular weight excluding hydrogens is 409 g/mol. The number of rotatable bonds is 3. The molecule has 3 heterocycles. The minimum absolute atomic E-state index is 0.0187. The summed E-state index contributed by atoms with van der Waals surface area (Å²) < 4.78 is 39.7. The van der Waals surface area contributed by atoms with E-state index in [0.717, 1.165) is 24.6 Å². The molecule has 4 N–H and O–H groups in total. The number of anilines is 3. The van der Waals surface area contributed by atoms with E-state index in [2.05, 4.69) is 25.8 Å². The molecule has 5 rings (SSSR count). The maximum absolute atomic E-state index is 14.9. The third-order valence-corrected chi connectivity index (χ3v) is 6.67. The van der Waals surface area contributed by atoms with Crippen molar-refractivity contribution in [2.24, 2.45) is 10.2 Å². The predicted octanol–water partition coefficient (Wildman–Crippen LogP) is 3.19. The minimum atomic E-state index is -3.76. The molecule has 0 unspecified atom stereocenters. The topological polar surface area (TPSA) is 127 Å². The van der Waals surface area contributed by atoms with Crippen molar-refractivity contribution in [1.82, 2.24) is 14.5 Å². The first kappa shape index (κ1) is 18.9. The Kier molecular flexibility index (Phi) is 4.26. The Hall–Kier alpha value is -3.05. The fourth-order valence-electron chi connectivity index (χ4n) is 4.29. The van der Waals surface area contributed by atoms with Crippen molar-refractivity contribution < 1.29 is 12.8 Å². The summed E-state index contributed by atoms with van der Waals surface area (Å²) >= 11 is 0. The van der Waals surface area contributed by atoms with Crippen molar-refractivity contribution >= 4 is 44.5 Å². The molecule has 0 bridgehead atoms. The number of hydrazone groups is 1. The average molecular weight is 429 g/mol. The molecule has 30 heavy (non-hydrogen) atoms. The number of nitrogens with two attached hydrogens (primary N) is 1. The van der Waals surface area contributed by atoms with Crippen LogP contribution < -0.4 is 15.9 Å². The lowest BCUT2D eigenvalue weighted by molar-refractivity contribution is 0.267. The molecule has 0 radical (unpaired) electrons. The quantitative estimate of drug-likeness (QED) is 0.587. The Balaban J connectivity index is 1.54. The van der Waals surface area contributed by atoms with Gasteiger partial charge in [-0.25, -0.2) is 18.5 Å². The highest BCUT2D eigenvalue weighted by atomic mass is 32.2. The number of fused-ring (bicyclic) bond motifs is 4. The first-order chi connectivity index (χ1) is 14.4. The van der Waals surface area contributed by atoms with E-state index in [4.69, 9.17) is 5.14 Å². The number of nitrogens with one attached hydrogen (secondary N) is 2. The molecule has 1 aliphatic heterocycles. The standard InChI is InChI=1S/C19H20FN7O2S/c20-17-19(8-2-1-3-9-19)27-15(25-26-17)10-12-11-22-18(24-16(12)27)23-13-4-6-14(7-5-13)30(21,28)29/h4-7,10-11,25H,1-3,8-9H2,(H2,21,28,29)(H,22,23,24). The van der Waals surface area contributed by atoms with Gasteiger partial charge in [-0.2, -0.15) is 9.37 Å². The van der Waals surface area contributed by atoms with E-state index in [1.165, 1.54) is 12.1 Å². The zero-order chi connectivity index (χ0) is 20.9. The fraction of sp³-hybridized carbons (Fsp3) is 0.316. The van der Waals surface area contributed by atoms with Crippen LogP contribution in [0.2, 0.25) is 0 Å². The molecule has 1 spiro atoms. The van der Waals surface area contributed by atoms with Crippen LogP contribution in [0.5, 0.6) is 0 Å². The van der Waals surface area contributed by atoms with Gasteiger partial charge in [-0.05, 0) is 43.2 Å². The molecule has 0 atom stereocenters. The van der Waals surface area contributed by atoms with E-state index in [-0.39, 0.29) is 4.90 Å². The van der Waals surface area contributed by atoms with Crippen molar-refractivity contribution in [3.05, 3.63) is 36.5 Å². The largest absolute Gasteiger partial charge is 0.324 e. The monoisotopic (exact) mass is 429 g/mol. The number of hydrogen-bond donors (Lipinski definition) is 3. The number of nitrogens with zero attached hydrogens (tertiary/aromatic N) is 4. The second-order valence-corrected chi connectivity index (χ2v) is 9.20. The first-order valence-electron chi connectivity index (χ1n) is 9.65. The van der Waals surface area contributed by atoms with Crippen LogP contribution in [0.4, 0.5) is 21.8 Å². The molecule has 1 aromatic carbocycles. The lowest BCUT2D eigenvalue weighted by Gasteiger charge is -2.39. The van der Waals surface area contributed by atoms with Gasteiger partial charge >= 0.3 is 0 Å². The predicted molar refractivity (Wildman–Crippen MR) is 112 cm³/mol. The number of aromatic nitrogens is 3. The van der Waals surface area contributed by atoms with Crippen LogP contribution in [-0.4, -0.2) is 28.9 Å². The molecule has 2 aliphatic rings. The van der Waals surface area contributed by atoms with Gasteiger partial charge in [0.15, 0.2) is 0 Å². The van der Waals surface area contributed by atoms with Crippen LogP contribution in [0.1, 0.15) is 32.1 Å². The number of sulfonamides is 1. The van der Waals surface area contributed by atoms with E-state index >= 15 is 0 Å². The summed E-state index contributed by atoms with van der Waals surface area (Å²) in [6.45, 7) is 0. The van der Waals surface area contributed by atoms with Crippen LogP contribution in [0, 0.1) is 0 Å². The maximum Gasteiger partial charge on any atom is 0.238 e. The van der Waals surface area contributed by atoms with Gasteiger partial charge in [-0.1, -0.05) is 19.3 Å². The highest BCUT2D eigenvalue weighted by molar-refractivity contribution is 7.89. The van der Waals surface area contributed by atoms with Crippen molar-refractivity contribution in [3.8, 4) is 0 Å². The first-order valence-corrected chi connectivity index (χ1v) is 11.2. The summed E-state index contributed by atoms with van der Waals surface area (Å²) in [6, 6.07) is 7.84. The molecule has 156 valence electrons. The molecule has 3 aromatic rings. The van der Waals surface area contributed by atoms with Gasteiger partial charge < -0.3 is 5.32 Å². The second kappa shape index (κ2) is 6.74. The molecule has 11 heteroatoms. The van der Waals surface area contributed by atoms with Gasteiger partial charge in [0.05, 0.1) is 4.90 Å². The Morgan fingerprint density at radius 1 is 1.17 bits per heavy atom. The van der Waals surface area contributed by atoms with E-state index in [1.54, 1.807) is 18.3 Å². The zero-order valence-corrected chi connectivity index (χ0v) is 16.8. The van der Waals surface area contributed by atoms with Gasteiger partial charge in [0.25, 0.3) is 0 Å². The summed E-state index contributed by atoms with van der Waals surface area (Å²) in [7, 11) is -3.76. The summed E-state index contributed by atoms with van der Waals surface area (Å²) in [6.07, 6.45) is 5.94. The molecule has 0 saturated heterocycles. The van der Waals surface area contributed by atoms with Crippen molar-refractivity contribution in [2.45, 2.75) is 42.5 Å². The van der Waals surface area contributed by atoms with Crippen LogP contribution in [0.15, 0.2) is 46.5 Å². The maximum atomic E-state index is 14.9. The molecule has 2 aromatic heterocycles. The number of hydrogen-bond acceptors (Lipinski definition) is 7. The fourth-order valence-corrected chi connectivity index (χ4v) is 4.81. The molecule has 1 aliphatic carbocycles. The molecule has 1 fully saturated rings. The van der Waals surface area contributed by atoms with Gasteiger partial charge in [0.1, 0.15) is 17.0 Å². The lowest BCUT2D eigenvalue weighted by Crippen LogP contribution is -2.45. The lowest BCUT2D eigenvalue weighted by atomic mass is 9.81. The van der Waals surface area contributed by atoms with Gasteiger partial charge in [0.2, 0.25) is 21.9 Å². The molecule has 1 saturated carbocycles. The minimum Gasteiger partial charge on any atom is -0.324 e. The summed E-state index contributed by atoms with van der Waals surface area (Å²) in [5, 5.41) is 12.9. The molecule has 9 nitrogen and oxygen atoms in total. The van der Waals surface area contributed by atoms with E-state index in [0.29, 0.717) is 35.9 Å². The normalized spacial score (nSPS) is 18.0. The Bertz CT molecular complexity index is 1260. The van der Waals surface area contributed by atoms with E-state index in [9.17, 15) is 12.8 Å². The van der Waals surface area contributed by atoms with Gasteiger partial charge in [-0.15, -0.1) is 5.10 Å². The van der Waals surface area contributed by atoms with Gasteiger partial charge in [-0.3, -0.25) is 9.99 Å². The second-order valence-electron chi connectivity index (χ2n) is 7.64. The summed E-state index contributed by atoms with van der Waals surface area (Å²) in [4.78, 5) is 8.99. The average Bonchev–Trinajstić information content (AvgIpc) is 3.10. The smallest absolute Gasteiger partial charge is 0.238 e. The van der Waals surface area contributed by atoms with Crippen molar-refractivity contribution in [1.29, 1.82) is 0 Å². The SMILES string of the molecule is NS(=O)(=O)c1ccc(Nc2ncc3cc4n(c3n2)C2(CCCCC2)C(F)=NN4)cc1. The Labute approximate surface area is 172 Å². The van der Waals surface area contributed by atoms with Crippen LogP contribution in [0.25, 0.3) is 11.0 Å². The highest BCUT2D eigenvalue weighted by Crippen LogP contribution is 2.43. The number of benzene rings is 1. The van der Waals surface area contributed by atoms with Crippen LogP contribution in [0.3, 0.4) is 0 Å². The third-order valence-electron chi connectivity index (χ3n) is 5.74. The van der Waals surface area contributed by atoms with Crippen LogP contribution in [-0.2, 0) is 15.6 Å². The number of primary sulfonamides is 1. The van der Waals surface area contributed by atoms with Crippen LogP contribution >= 0.6 is 0 Å². The highest BCUT2D eigenvalue weighted by Gasteiger charge is 2.44. The van der Waals surface area contributed by atoms with E-state index < -0.39 is 21.5 Å². The zero-order valence-electron chi connectivity index (χ0n) is 16.0. The van der Waals surface area contributed by atoms with E-state index in [1.807, 2.05) is 10.6 Å². The summed E-state index contributed by atoms with van der Waals surface area (Å²) in [5.74, 6) is 0.594. The Morgan fingerprint density at radius 2 is 1.90 bits per heavy atom. The third kappa shape index (κ3) is 3.01. The van der Waals surface area contributed by atoms with Crippen molar-refractivity contribution in [3.63, 3.8) is 0 Å².